The first kappa shape index (κ1) is 16.4. The molecule has 0 saturated carbocycles. The van der Waals surface area contributed by atoms with Crippen LogP contribution in [0.4, 0.5) is 5.69 Å². The second-order valence-corrected chi connectivity index (χ2v) is 6.63. The monoisotopic (exact) mass is 348 g/mol. The van der Waals surface area contributed by atoms with Crippen LogP contribution in [0.5, 0.6) is 0 Å². The Morgan fingerprint density at radius 2 is 1.85 bits per heavy atom. The Morgan fingerprint density at radius 1 is 1.12 bits per heavy atom. The number of carbonyl (C=O) groups is 2. The van der Waals surface area contributed by atoms with Crippen molar-refractivity contribution in [2.45, 2.75) is 25.9 Å². The molecule has 0 aliphatic carbocycles. The number of para-hydroxylation sites is 2. The van der Waals surface area contributed by atoms with E-state index in [0.29, 0.717) is 5.56 Å². The Morgan fingerprint density at radius 3 is 2.65 bits per heavy atom. The second-order valence-electron chi connectivity index (χ2n) is 6.63. The lowest BCUT2D eigenvalue weighted by molar-refractivity contribution is -0.119. The molecule has 1 atom stereocenters. The minimum absolute atomic E-state index is 0.0135. The number of aromatic nitrogens is 1. The Kier molecular flexibility index (Phi) is 3.99. The van der Waals surface area contributed by atoms with Crippen LogP contribution in [0.1, 0.15) is 22.8 Å². The molecule has 3 aromatic rings. The summed E-state index contributed by atoms with van der Waals surface area (Å²) in [5.74, 6) is -0.382. The van der Waals surface area contributed by atoms with Crippen LogP contribution in [0, 0.1) is 0 Å². The maximum absolute atomic E-state index is 13.1. The van der Waals surface area contributed by atoms with Gasteiger partial charge in [0.25, 0.3) is 0 Å². The van der Waals surface area contributed by atoms with Crippen molar-refractivity contribution in [3.05, 3.63) is 65.9 Å². The number of carbonyl (C=O) groups excluding carboxylic acids is 2. The van der Waals surface area contributed by atoms with Gasteiger partial charge in [0, 0.05) is 28.8 Å². The fraction of sp³-hybridized carbons (Fsp3) is 0.238. The Bertz CT molecular complexity index is 1010. The van der Waals surface area contributed by atoms with E-state index < -0.39 is 5.97 Å². The molecule has 0 saturated heterocycles. The van der Waals surface area contributed by atoms with E-state index >= 15 is 0 Å². The first-order chi connectivity index (χ1) is 12.6. The molecule has 1 aliphatic heterocycles. The average Bonchev–Trinajstić information content (AvgIpc) is 3.18. The van der Waals surface area contributed by atoms with E-state index in [-0.39, 0.29) is 18.5 Å². The van der Waals surface area contributed by atoms with Crippen molar-refractivity contribution in [3.8, 4) is 0 Å². The summed E-state index contributed by atoms with van der Waals surface area (Å²) in [6, 6.07) is 15.7. The van der Waals surface area contributed by atoms with Crippen molar-refractivity contribution in [1.29, 1.82) is 0 Å². The fourth-order valence-electron chi connectivity index (χ4n) is 3.82. The zero-order chi connectivity index (χ0) is 18.3. The number of anilines is 1. The van der Waals surface area contributed by atoms with Crippen LogP contribution in [0.2, 0.25) is 0 Å². The average molecular weight is 348 g/mol. The third-order valence-electron chi connectivity index (χ3n) is 4.98. The number of ether oxygens (including phenoxy) is 1. The molecule has 0 radical (unpaired) electrons. The van der Waals surface area contributed by atoms with Crippen LogP contribution in [-0.4, -0.2) is 29.6 Å². The molecule has 0 spiro atoms. The molecule has 5 nitrogen and oxygen atoms in total. The second kappa shape index (κ2) is 6.33. The Labute approximate surface area is 151 Å². The predicted molar refractivity (Wildman–Crippen MR) is 100 cm³/mol. The number of nitrogens with zero attached hydrogens (tertiary/aromatic N) is 2. The summed E-state index contributed by atoms with van der Waals surface area (Å²) in [5.41, 5.74) is 3.50. The topological polar surface area (TPSA) is 51.5 Å². The lowest BCUT2D eigenvalue weighted by Gasteiger charge is -2.23. The predicted octanol–water partition coefficient (Wildman–Crippen LogP) is 3.41. The molecule has 1 amide bonds. The van der Waals surface area contributed by atoms with Crippen LogP contribution < -0.4 is 4.90 Å². The number of hydrogen-bond acceptors (Lipinski definition) is 3. The van der Waals surface area contributed by atoms with E-state index in [2.05, 4.69) is 13.0 Å². The molecule has 1 aromatic heterocycles. The first-order valence-electron chi connectivity index (χ1n) is 8.66. The molecule has 132 valence electrons. The molecule has 1 unspecified atom stereocenters. The smallest absolute Gasteiger partial charge is 0.340 e. The van der Waals surface area contributed by atoms with Gasteiger partial charge in [-0.2, -0.15) is 0 Å². The Hall–Kier alpha value is -3.08. The van der Waals surface area contributed by atoms with E-state index in [4.69, 9.17) is 4.74 Å². The SMILES string of the molecule is COC(=O)c1cn(CC(=O)N2c3ccccc3CC2C)c2ccccc12. The molecular formula is C21H20N2O3. The van der Waals surface area contributed by atoms with Crippen LogP contribution >= 0.6 is 0 Å². The van der Waals surface area contributed by atoms with Crippen LogP contribution in [0.25, 0.3) is 10.9 Å². The van der Waals surface area contributed by atoms with Crippen LogP contribution in [-0.2, 0) is 22.5 Å². The standard InChI is InChI=1S/C21H20N2O3/c1-14-11-15-7-3-5-9-18(15)23(14)20(24)13-22-12-17(21(25)26-2)16-8-4-6-10-19(16)22/h3-10,12,14H,11,13H2,1-2H3. The molecule has 1 aliphatic rings. The van der Waals surface area contributed by atoms with E-state index in [9.17, 15) is 9.59 Å². The molecule has 2 heterocycles. The molecule has 2 aromatic carbocycles. The van der Waals surface area contributed by atoms with E-state index in [0.717, 1.165) is 23.0 Å². The summed E-state index contributed by atoms with van der Waals surface area (Å²) in [7, 11) is 1.36. The highest BCUT2D eigenvalue weighted by atomic mass is 16.5. The number of fused-ring (bicyclic) bond motifs is 2. The van der Waals surface area contributed by atoms with Crippen molar-refractivity contribution in [3.63, 3.8) is 0 Å². The highest BCUT2D eigenvalue weighted by molar-refractivity contribution is 6.05. The van der Waals surface area contributed by atoms with Crippen molar-refractivity contribution < 1.29 is 14.3 Å². The van der Waals surface area contributed by atoms with E-state index in [1.165, 1.54) is 12.7 Å². The van der Waals surface area contributed by atoms with Gasteiger partial charge in [-0.3, -0.25) is 4.79 Å². The largest absolute Gasteiger partial charge is 0.465 e. The van der Waals surface area contributed by atoms with Crippen molar-refractivity contribution in [1.82, 2.24) is 4.57 Å². The summed E-state index contributed by atoms with van der Waals surface area (Å²) in [6.07, 6.45) is 2.57. The number of rotatable bonds is 3. The number of amides is 1. The van der Waals surface area contributed by atoms with Crippen molar-refractivity contribution in [2.75, 3.05) is 12.0 Å². The van der Waals surface area contributed by atoms with Gasteiger partial charge in [-0.1, -0.05) is 36.4 Å². The molecule has 4 rings (SSSR count). The zero-order valence-electron chi connectivity index (χ0n) is 14.8. The zero-order valence-corrected chi connectivity index (χ0v) is 14.8. The van der Waals surface area contributed by atoms with Crippen LogP contribution in [0.15, 0.2) is 54.7 Å². The summed E-state index contributed by atoms with van der Waals surface area (Å²) in [6.45, 7) is 2.24. The van der Waals surface area contributed by atoms with Gasteiger partial charge in [0.15, 0.2) is 0 Å². The molecule has 0 fully saturated rings. The van der Waals surface area contributed by atoms with Gasteiger partial charge in [-0.15, -0.1) is 0 Å². The lowest BCUT2D eigenvalue weighted by Crippen LogP contribution is -2.37. The highest BCUT2D eigenvalue weighted by Crippen LogP contribution is 2.32. The maximum atomic E-state index is 13.1. The normalized spacial score (nSPS) is 15.9. The molecule has 0 bridgehead atoms. The van der Waals surface area contributed by atoms with Crippen molar-refractivity contribution in [2.24, 2.45) is 0 Å². The highest BCUT2D eigenvalue weighted by Gasteiger charge is 2.30. The summed E-state index contributed by atoms with van der Waals surface area (Å²) in [5, 5.41) is 0.794. The number of esters is 1. The van der Waals surface area contributed by atoms with Crippen LogP contribution in [0.3, 0.4) is 0 Å². The Balaban J connectivity index is 1.70. The van der Waals surface area contributed by atoms with Gasteiger partial charge in [0.05, 0.1) is 12.7 Å². The van der Waals surface area contributed by atoms with Crippen molar-refractivity contribution >= 4 is 28.5 Å². The third-order valence-corrected chi connectivity index (χ3v) is 4.98. The van der Waals surface area contributed by atoms with Gasteiger partial charge >= 0.3 is 5.97 Å². The molecule has 5 heteroatoms. The lowest BCUT2D eigenvalue weighted by atomic mass is 10.1. The number of hydrogen-bond donors (Lipinski definition) is 0. The van der Waals surface area contributed by atoms with E-state index in [1.54, 1.807) is 6.20 Å². The first-order valence-corrected chi connectivity index (χ1v) is 8.66. The molecule has 0 N–H and O–H groups in total. The van der Waals surface area contributed by atoms with Gasteiger partial charge in [-0.05, 0) is 31.0 Å². The number of benzene rings is 2. The van der Waals surface area contributed by atoms with Gasteiger partial charge < -0.3 is 14.2 Å². The third kappa shape index (κ3) is 2.56. The summed E-state index contributed by atoms with van der Waals surface area (Å²) < 4.78 is 6.71. The minimum atomic E-state index is -0.396. The summed E-state index contributed by atoms with van der Waals surface area (Å²) in [4.78, 5) is 27.0. The van der Waals surface area contributed by atoms with E-state index in [1.807, 2.05) is 51.9 Å². The summed E-state index contributed by atoms with van der Waals surface area (Å²) >= 11 is 0. The maximum Gasteiger partial charge on any atom is 0.340 e. The minimum Gasteiger partial charge on any atom is -0.465 e. The van der Waals surface area contributed by atoms with Gasteiger partial charge in [0.1, 0.15) is 6.54 Å². The quantitative estimate of drug-likeness (QED) is 0.682. The molecular weight excluding hydrogens is 328 g/mol. The molecule has 26 heavy (non-hydrogen) atoms. The van der Waals surface area contributed by atoms with Gasteiger partial charge in [0.2, 0.25) is 5.91 Å². The fourth-order valence-corrected chi connectivity index (χ4v) is 3.82. The number of methoxy groups -OCH3 is 1. The van der Waals surface area contributed by atoms with Gasteiger partial charge in [-0.25, -0.2) is 4.79 Å².